The summed E-state index contributed by atoms with van der Waals surface area (Å²) in [5.41, 5.74) is 0. The van der Waals surface area contributed by atoms with Crippen LogP contribution in [0.1, 0.15) is 19.8 Å². The highest BCUT2D eigenvalue weighted by Gasteiger charge is 2.16. The largest absolute Gasteiger partial charge is 0.416 e. The maximum Gasteiger partial charge on any atom is 0.183 e. The van der Waals surface area contributed by atoms with Gasteiger partial charge in [-0.05, 0) is 52.2 Å². The minimum absolute atomic E-state index is 0.867. The molecule has 19 heavy (non-hydrogen) atoms. The lowest BCUT2D eigenvalue weighted by atomic mass is 10.3. The molecular formula is C14H35NO2Si2. The fourth-order valence-electron chi connectivity index (χ4n) is 1.68. The molecule has 0 saturated carbocycles. The van der Waals surface area contributed by atoms with Crippen LogP contribution in [-0.4, -0.2) is 54.4 Å². The molecule has 0 bridgehead atoms. The Morgan fingerprint density at radius 2 is 1.16 bits per heavy atom. The molecule has 0 aromatic carbocycles. The fourth-order valence-corrected chi connectivity index (χ4v) is 3.09. The molecule has 116 valence electrons. The second-order valence-electron chi connectivity index (χ2n) is 7.12. The zero-order valence-electron chi connectivity index (χ0n) is 14.2. The Hall–Kier alpha value is 0.314. The summed E-state index contributed by atoms with van der Waals surface area (Å²) in [6.07, 6.45) is 2.51. The van der Waals surface area contributed by atoms with E-state index in [1.54, 1.807) is 0 Å². The van der Waals surface area contributed by atoms with Crippen molar-refractivity contribution >= 4 is 16.6 Å². The van der Waals surface area contributed by atoms with Gasteiger partial charge in [0, 0.05) is 26.3 Å². The Morgan fingerprint density at radius 1 is 0.737 bits per heavy atom. The van der Waals surface area contributed by atoms with Gasteiger partial charge in [-0.1, -0.05) is 13.3 Å². The lowest BCUT2D eigenvalue weighted by molar-refractivity contribution is 0.171. The molecule has 0 unspecified atom stereocenters. The Kier molecular flexibility index (Phi) is 9.44. The van der Waals surface area contributed by atoms with Crippen LogP contribution in [0.15, 0.2) is 0 Å². The molecule has 0 rings (SSSR count). The van der Waals surface area contributed by atoms with Gasteiger partial charge in [-0.15, -0.1) is 0 Å². The van der Waals surface area contributed by atoms with E-state index in [1.807, 2.05) is 0 Å². The Bertz CT molecular complexity index is 204. The molecule has 0 radical (unpaired) electrons. The van der Waals surface area contributed by atoms with Crippen LogP contribution in [0.25, 0.3) is 0 Å². The molecule has 0 aromatic rings. The maximum absolute atomic E-state index is 5.95. The lowest BCUT2D eigenvalue weighted by Crippen LogP contribution is -2.37. The third kappa shape index (κ3) is 14.5. The molecule has 0 aliphatic heterocycles. The predicted octanol–water partition coefficient (Wildman–Crippen LogP) is 3.79. The molecule has 0 aliphatic rings. The lowest BCUT2D eigenvalue weighted by Gasteiger charge is -2.26. The first-order valence-corrected chi connectivity index (χ1v) is 14.5. The van der Waals surface area contributed by atoms with Crippen LogP contribution in [0.3, 0.4) is 0 Å². The van der Waals surface area contributed by atoms with Gasteiger partial charge in [0.15, 0.2) is 16.6 Å². The van der Waals surface area contributed by atoms with Crippen LogP contribution >= 0.6 is 0 Å². The molecule has 0 fully saturated rings. The summed E-state index contributed by atoms with van der Waals surface area (Å²) >= 11 is 0. The van der Waals surface area contributed by atoms with E-state index in [9.17, 15) is 0 Å². The van der Waals surface area contributed by atoms with Gasteiger partial charge in [0.2, 0.25) is 0 Å². The van der Waals surface area contributed by atoms with Crippen molar-refractivity contribution in [2.24, 2.45) is 0 Å². The quantitative estimate of drug-likeness (QED) is 0.542. The van der Waals surface area contributed by atoms with Crippen molar-refractivity contribution in [1.82, 2.24) is 4.90 Å². The molecule has 0 atom stereocenters. The van der Waals surface area contributed by atoms with Crippen LogP contribution < -0.4 is 0 Å². The van der Waals surface area contributed by atoms with Gasteiger partial charge in [-0.3, -0.25) is 4.90 Å². The molecular weight excluding hydrogens is 270 g/mol. The molecule has 0 aromatic heterocycles. The van der Waals surface area contributed by atoms with Gasteiger partial charge in [0.1, 0.15) is 0 Å². The predicted molar refractivity (Wildman–Crippen MR) is 89.9 cm³/mol. The average molecular weight is 306 g/mol. The summed E-state index contributed by atoms with van der Waals surface area (Å²) in [6, 6.07) is 0. The van der Waals surface area contributed by atoms with Gasteiger partial charge in [0.05, 0.1) is 0 Å². The van der Waals surface area contributed by atoms with Gasteiger partial charge in [-0.2, -0.15) is 0 Å². The van der Waals surface area contributed by atoms with E-state index in [1.165, 1.54) is 19.4 Å². The van der Waals surface area contributed by atoms with Gasteiger partial charge in [-0.25, -0.2) is 0 Å². The van der Waals surface area contributed by atoms with E-state index in [4.69, 9.17) is 8.85 Å². The van der Waals surface area contributed by atoms with Crippen LogP contribution in [-0.2, 0) is 8.85 Å². The molecule has 0 amide bonds. The van der Waals surface area contributed by atoms with Crippen LogP contribution in [0.4, 0.5) is 0 Å². The topological polar surface area (TPSA) is 21.7 Å². The standard InChI is InChI=1S/C14H35NO2Si2/c1-8-9-10-15(11-13-16-18(2,3)4)12-14-17-19(5,6)7/h8-14H2,1-7H3. The summed E-state index contributed by atoms with van der Waals surface area (Å²) in [6.45, 7) is 20.7. The molecule has 5 heteroatoms. The summed E-state index contributed by atoms with van der Waals surface area (Å²) in [5.74, 6) is 0. The van der Waals surface area contributed by atoms with Crippen molar-refractivity contribution in [3.05, 3.63) is 0 Å². The van der Waals surface area contributed by atoms with Crippen molar-refractivity contribution in [2.45, 2.75) is 59.0 Å². The highest BCUT2D eigenvalue weighted by atomic mass is 28.4. The van der Waals surface area contributed by atoms with Gasteiger partial charge in [0.25, 0.3) is 0 Å². The van der Waals surface area contributed by atoms with E-state index in [2.05, 4.69) is 51.1 Å². The highest BCUT2D eigenvalue weighted by molar-refractivity contribution is 6.70. The third-order valence-corrected chi connectivity index (χ3v) is 4.85. The molecule has 3 nitrogen and oxygen atoms in total. The minimum atomic E-state index is -1.37. The van der Waals surface area contributed by atoms with E-state index in [-0.39, 0.29) is 0 Å². The molecule has 0 saturated heterocycles. The first-order valence-electron chi connectivity index (χ1n) is 7.64. The van der Waals surface area contributed by atoms with E-state index >= 15 is 0 Å². The Morgan fingerprint density at radius 3 is 1.47 bits per heavy atom. The monoisotopic (exact) mass is 305 g/mol. The van der Waals surface area contributed by atoms with Gasteiger partial charge >= 0.3 is 0 Å². The van der Waals surface area contributed by atoms with Crippen molar-refractivity contribution in [3.8, 4) is 0 Å². The number of rotatable bonds is 11. The van der Waals surface area contributed by atoms with Crippen molar-refractivity contribution in [3.63, 3.8) is 0 Å². The van der Waals surface area contributed by atoms with Crippen LogP contribution in [0, 0.1) is 0 Å². The van der Waals surface area contributed by atoms with Gasteiger partial charge < -0.3 is 8.85 Å². The smallest absolute Gasteiger partial charge is 0.183 e. The molecule has 0 N–H and O–H groups in total. The number of unbranched alkanes of at least 4 members (excludes halogenated alkanes) is 1. The fraction of sp³-hybridized carbons (Fsp3) is 1.00. The van der Waals surface area contributed by atoms with Crippen LogP contribution in [0.2, 0.25) is 39.3 Å². The minimum Gasteiger partial charge on any atom is -0.416 e. The van der Waals surface area contributed by atoms with E-state index in [0.29, 0.717) is 0 Å². The zero-order valence-corrected chi connectivity index (χ0v) is 16.2. The summed E-state index contributed by atoms with van der Waals surface area (Å²) in [5, 5.41) is 0. The SMILES string of the molecule is CCCCN(CCO[Si](C)(C)C)CCO[Si](C)(C)C. The van der Waals surface area contributed by atoms with E-state index < -0.39 is 16.6 Å². The second kappa shape index (κ2) is 9.29. The summed E-state index contributed by atoms with van der Waals surface area (Å²) < 4.78 is 11.9. The third-order valence-electron chi connectivity index (χ3n) is 2.71. The number of nitrogens with zero attached hydrogens (tertiary/aromatic N) is 1. The maximum atomic E-state index is 5.95. The number of hydrogen-bond donors (Lipinski definition) is 0. The Balaban J connectivity index is 3.94. The first-order chi connectivity index (χ1) is 8.64. The molecule has 0 spiro atoms. The zero-order chi connectivity index (χ0) is 14.9. The summed E-state index contributed by atoms with van der Waals surface area (Å²) in [7, 11) is -2.74. The summed E-state index contributed by atoms with van der Waals surface area (Å²) in [4.78, 5) is 2.49. The van der Waals surface area contributed by atoms with Crippen molar-refractivity contribution < 1.29 is 8.85 Å². The van der Waals surface area contributed by atoms with E-state index in [0.717, 1.165) is 26.3 Å². The average Bonchev–Trinajstić information content (AvgIpc) is 2.21. The Labute approximate surface area is 122 Å². The van der Waals surface area contributed by atoms with Crippen LogP contribution in [0.5, 0.6) is 0 Å². The first kappa shape index (κ1) is 19.3. The van der Waals surface area contributed by atoms with Crippen molar-refractivity contribution in [2.75, 3.05) is 32.8 Å². The number of hydrogen-bond acceptors (Lipinski definition) is 3. The normalized spacial score (nSPS) is 13.3. The second-order valence-corrected chi connectivity index (χ2v) is 16.1. The molecule has 0 aliphatic carbocycles. The molecule has 0 heterocycles. The van der Waals surface area contributed by atoms with Crippen molar-refractivity contribution in [1.29, 1.82) is 0 Å². The highest BCUT2D eigenvalue weighted by Crippen LogP contribution is 2.05.